The van der Waals surface area contributed by atoms with Gasteiger partial charge in [0.25, 0.3) is 6.71 Å². The van der Waals surface area contributed by atoms with E-state index in [1.54, 1.807) is 0 Å². The molecule has 1 aromatic heterocycles. The molecule has 9 rings (SSSR count). The third-order valence-electron chi connectivity index (χ3n) is 13.2. The van der Waals surface area contributed by atoms with Gasteiger partial charge in [-0.3, -0.25) is 0 Å². The molecule has 55 heavy (non-hydrogen) atoms. The largest absolute Gasteiger partial charge is 0.311 e. The summed E-state index contributed by atoms with van der Waals surface area (Å²) in [5, 5.41) is 1.39. The van der Waals surface area contributed by atoms with Crippen LogP contribution in [-0.4, -0.2) is 6.71 Å². The number of aryl methyl sites for hydroxylation is 3. The Hall–Kier alpha value is -4.28. The molecule has 4 heteroatoms. The van der Waals surface area contributed by atoms with Gasteiger partial charge in [0.05, 0.1) is 5.69 Å². The first-order valence-electron chi connectivity index (χ1n) is 20.4. The van der Waals surface area contributed by atoms with Crippen LogP contribution in [-0.2, 0) is 21.7 Å². The Bertz CT molecular complexity index is 2550. The molecule has 3 aliphatic rings. The number of benzene rings is 5. The highest BCUT2D eigenvalue weighted by molar-refractivity contribution is 7.33. The second kappa shape index (κ2) is 11.9. The van der Waals surface area contributed by atoms with Gasteiger partial charge in [0.2, 0.25) is 0 Å². The molecule has 2 nitrogen and oxygen atoms in total. The molecule has 0 radical (unpaired) electrons. The van der Waals surface area contributed by atoms with Crippen LogP contribution in [0.1, 0.15) is 121 Å². The highest BCUT2D eigenvalue weighted by Crippen LogP contribution is 2.53. The fourth-order valence-corrected chi connectivity index (χ4v) is 11.2. The quantitative estimate of drug-likeness (QED) is 0.163. The lowest BCUT2D eigenvalue weighted by Gasteiger charge is -2.44. The minimum atomic E-state index is 0.0186. The zero-order valence-electron chi connectivity index (χ0n) is 35.4. The van der Waals surface area contributed by atoms with Gasteiger partial charge in [0.15, 0.2) is 0 Å². The number of nitrogens with zero attached hydrogens (tertiary/aromatic N) is 2. The predicted molar refractivity (Wildman–Crippen MR) is 243 cm³/mol. The minimum absolute atomic E-state index is 0.0186. The first-order valence-corrected chi connectivity index (χ1v) is 21.2. The first-order chi connectivity index (χ1) is 25.7. The summed E-state index contributed by atoms with van der Waals surface area (Å²) in [7, 11) is 0. The van der Waals surface area contributed by atoms with Crippen LogP contribution in [0.4, 0.5) is 34.1 Å². The lowest BCUT2D eigenvalue weighted by Crippen LogP contribution is -2.60. The predicted octanol–water partition coefficient (Wildman–Crippen LogP) is 12.9. The van der Waals surface area contributed by atoms with E-state index in [2.05, 4.69) is 185 Å². The van der Waals surface area contributed by atoms with Crippen LogP contribution in [0, 0.1) is 20.8 Å². The van der Waals surface area contributed by atoms with Crippen molar-refractivity contribution < 1.29 is 0 Å². The summed E-state index contributed by atoms with van der Waals surface area (Å²) in [5.41, 5.74) is 20.6. The van der Waals surface area contributed by atoms with E-state index in [1.807, 2.05) is 11.3 Å². The molecule has 0 bridgehead atoms. The number of fused-ring (bicyclic) bond motifs is 7. The molecule has 0 N–H and O–H groups in total. The monoisotopic (exact) mass is 740 g/mol. The summed E-state index contributed by atoms with van der Waals surface area (Å²) in [4.78, 5) is 5.23. The second-order valence-corrected chi connectivity index (χ2v) is 21.5. The maximum absolute atomic E-state index is 2.65. The standard InChI is InChI=1S/C51H57BN2S/c1-30-14-20-40(32(3)24-30)54-41-21-17-34(49(7,8)9)27-39(41)52-45-42(25-31(2)26-43(45)54)53(35-18-15-33(16-19-35)48(4,5)6)46-36-28-37-38(29-44(36)55-47(46)52)51(12,13)23-22-50(37,10)11/h14-21,24-29H,22-23H2,1-13H3. The maximum Gasteiger partial charge on any atom is 0.264 e. The van der Waals surface area contributed by atoms with Gasteiger partial charge >= 0.3 is 0 Å². The SMILES string of the molecule is Cc1ccc(N2c3ccc(C(C)(C)C)cc3B3c4sc5cc6c(cc5c4N(c4ccc(C(C)(C)C)cc4)c4cc(C)cc2c43)C(C)(C)CCC6(C)C)c(C)c1. The Kier molecular flexibility index (Phi) is 7.85. The van der Waals surface area contributed by atoms with Gasteiger partial charge in [-0.2, -0.15) is 0 Å². The van der Waals surface area contributed by atoms with Crippen molar-refractivity contribution in [1.29, 1.82) is 0 Å². The molecule has 0 unspecified atom stereocenters. The van der Waals surface area contributed by atoms with Crippen molar-refractivity contribution in [2.24, 2.45) is 0 Å². The molecule has 0 saturated carbocycles. The highest BCUT2D eigenvalue weighted by atomic mass is 32.1. The molecule has 5 aromatic carbocycles. The van der Waals surface area contributed by atoms with Crippen molar-refractivity contribution >= 4 is 78.0 Å². The van der Waals surface area contributed by atoms with Gasteiger partial charge in [-0.25, -0.2) is 0 Å². The van der Waals surface area contributed by atoms with Gasteiger partial charge in [-0.15, -0.1) is 11.3 Å². The summed E-state index contributed by atoms with van der Waals surface area (Å²) >= 11 is 2.04. The second-order valence-electron chi connectivity index (χ2n) is 20.4. The minimum Gasteiger partial charge on any atom is -0.311 e. The van der Waals surface area contributed by atoms with E-state index in [1.165, 1.54) is 112 Å². The number of anilines is 6. The Labute approximate surface area is 334 Å². The van der Waals surface area contributed by atoms with Gasteiger partial charge in [-0.1, -0.05) is 111 Å². The van der Waals surface area contributed by atoms with E-state index < -0.39 is 0 Å². The van der Waals surface area contributed by atoms with Gasteiger partial charge < -0.3 is 9.80 Å². The van der Waals surface area contributed by atoms with Crippen LogP contribution in [0.3, 0.4) is 0 Å². The molecule has 2 aliphatic heterocycles. The van der Waals surface area contributed by atoms with Crippen molar-refractivity contribution in [2.75, 3.05) is 9.80 Å². The third-order valence-corrected chi connectivity index (χ3v) is 14.4. The Morgan fingerprint density at radius 3 is 1.78 bits per heavy atom. The molecule has 0 fully saturated rings. The molecule has 6 aromatic rings. The average Bonchev–Trinajstić information content (AvgIpc) is 3.47. The Morgan fingerprint density at radius 2 is 1.16 bits per heavy atom. The molecular formula is C51H57BN2S. The van der Waals surface area contributed by atoms with Crippen molar-refractivity contribution in [1.82, 2.24) is 0 Å². The normalized spacial score (nSPS) is 16.9. The van der Waals surface area contributed by atoms with Crippen molar-refractivity contribution in [3.05, 3.63) is 124 Å². The summed E-state index contributed by atoms with van der Waals surface area (Å²) in [6.07, 6.45) is 2.41. The van der Waals surface area contributed by atoms with Crippen LogP contribution in [0.15, 0.2) is 84.9 Å². The van der Waals surface area contributed by atoms with Crippen LogP contribution >= 0.6 is 11.3 Å². The van der Waals surface area contributed by atoms with Crippen LogP contribution in [0.25, 0.3) is 10.1 Å². The molecule has 0 spiro atoms. The zero-order valence-corrected chi connectivity index (χ0v) is 36.2. The number of thiophene rings is 1. The summed E-state index contributed by atoms with van der Waals surface area (Å²) < 4.78 is 2.86. The van der Waals surface area contributed by atoms with Crippen molar-refractivity contribution in [3.63, 3.8) is 0 Å². The Balaban J connectivity index is 1.42. The third kappa shape index (κ3) is 5.56. The fraction of sp³-hybridized carbons (Fsp3) is 0.373. The molecule has 280 valence electrons. The maximum atomic E-state index is 2.65. The number of hydrogen-bond donors (Lipinski definition) is 0. The van der Waals surface area contributed by atoms with E-state index in [-0.39, 0.29) is 28.4 Å². The van der Waals surface area contributed by atoms with Gasteiger partial charge in [-0.05, 0) is 148 Å². The van der Waals surface area contributed by atoms with E-state index in [9.17, 15) is 0 Å². The van der Waals surface area contributed by atoms with E-state index in [0.717, 1.165) is 0 Å². The Morgan fingerprint density at radius 1 is 0.582 bits per heavy atom. The molecule has 3 heterocycles. The first kappa shape index (κ1) is 36.4. The summed E-state index contributed by atoms with van der Waals surface area (Å²) in [5.74, 6) is 0. The molecule has 0 atom stereocenters. The fourth-order valence-electron chi connectivity index (χ4n) is 9.84. The number of hydrogen-bond acceptors (Lipinski definition) is 3. The van der Waals surface area contributed by atoms with Crippen LogP contribution in [0.2, 0.25) is 0 Å². The molecular weight excluding hydrogens is 683 g/mol. The average molecular weight is 741 g/mol. The van der Waals surface area contributed by atoms with E-state index in [0.29, 0.717) is 0 Å². The van der Waals surface area contributed by atoms with Crippen LogP contribution < -0.4 is 25.5 Å². The molecule has 0 amide bonds. The molecule has 1 aliphatic carbocycles. The van der Waals surface area contributed by atoms with E-state index in [4.69, 9.17) is 0 Å². The smallest absolute Gasteiger partial charge is 0.264 e. The number of rotatable bonds is 2. The summed E-state index contributed by atoms with van der Waals surface area (Å²) in [6, 6.07) is 33.9. The van der Waals surface area contributed by atoms with E-state index >= 15 is 0 Å². The molecule has 0 saturated heterocycles. The van der Waals surface area contributed by atoms with Crippen molar-refractivity contribution in [3.8, 4) is 0 Å². The van der Waals surface area contributed by atoms with Crippen molar-refractivity contribution in [2.45, 2.75) is 125 Å². The van der Waals surface area contributed by atoms with Gasteiger partial charge in [0.1, 0.15) is 0 Å². The topological polar surface area (TPSA) is 6.48 Å². The summed E-state index contributed by atoms with van der Waals surface area (Å²) in [6.45, 7) is 30.7. The lowest BCUT2D eigenvalue weighted by atomic mass is 9.36. The van der Waals surface area contributed by atoms with Crippen LogP contribution in [0.5, 0.6) is 0 Å². The van der Waals surface area contributed by atoms with Gasteiger partial charge in [0, 0.05) is 43.3 Å². The highest BCUT2D eigenvalue weighted by Gasteiger charge is 2.47. The zero-order chi connectivity index (χ0) is 39.1. The lowest BCUT2D eigenvalue weighted by molar-refractivity contribution is 0.332.